The van der Waals surface area contributed by atoms with Gasteiger partial charge in [-0.3, -0.25) is 0 Å². The van der Waals surface area contributed by atoms with E-state index in [-0.39, 0.29) is 16.5 Å². The molecule has 0 saturated carbocycles. The predicted octanol–water partition coefficient (Wildman–Crippen LogP) is 1.71. The average Bonchev–Trinajstić information content (AvgIpc) is 1.86. The quantitative estimate of drug-likeness (QED) is 0.378. The van der Waals surface area contributed by atoms with Crippen molar-refractivity contribution < 1.29 is 16.5 Å². The van der Waals surface area contributed by atoms with Gasteiger partial charge in [0, 0.05) is 0 Å². The third kappa shape index (κ3) is 1.84. The molecule has 0 aliphatic rings. The van der Waals surface area contributed by atoms with Gasteiger partial charge in [-0.2, -0.15) is 17.7 Å². The van der Waals surface area contributed by atoms with E-state index in [2.05, 4.69) is 19.1 Å². The van der Waals surface area contributed by atoms with E-state index in [9.17, 15) is 0 Å². The maximum Gasteiger partial charge on any atom is 2.00 e. The second kappa shape index (κ2) is 2.93. The van der Waals surface area contributed by atoms with Crippen LogP contribution < -0.4 is 0 Å². The Morgan fingerprint density at radius 1 is 1.14 bits per heavy atom. The van der Waals surface area contributed by atoms with Gasteiger partial charge in [-0.25, -0.2) is 12.1 Å². The first-order valence-electron chi connectivity index (χ1n) is 2.08. The van der Waals surface area contributed by atoms with Crippen LogP contribution in [0.15, 0.2) is 24.3 Å². The molecule has 1 rings (SSSR count). The number of hydrogen-bond acceptors (Lipinski definition) is 0. The van der Waals surface area contributed by atoms with Crippen LogP contribution in [0.5, 0.6) is 0 Å². The van der Waals surface area contributed by atoms with Crippen LogP contribution in [-0.4, -0.2) is 0 Å². The van der Waals surface area contributed by atoms with Crippen LogP contribution in [0, 0.1) is 6.92 Å². The molecule has 0 aliphatic heterocycles. The zero-order valence-corrected chi connectivity index (χ0v) is 5.11. The standard InChI is InChI=1S/C6H7.Ni/c1-6-4-2-3-5-6;/h2-5H,1H3;/q-1;+2. The zero-order chi connectivity index (χ0) is 4.41. The molecule has 0 aliphatic carbocycles. The van der Waals surface area contributed by atoms with Crippen LogP contribution in [0.1, 0.15) is 5.56 Å². The molecule has 0 fully saturated rings. The fraction of sp³-hybridized carbons (Fsp3) is 0.167. The summed E-state index contributed by atoms with van der Waals surface area (Å²) in [5, 5.41) is 0. The molecule has 0 nitrogen and oxygen atoms in total. The van der Waals surface area contributed by atoms with E-state index in [1.807, 2.05) is 12.1 Å². The van der Waals surface area contributed by atoms with E-state index < -0.39 is 0 Å². The van der Waals surface area contributed by atoms with Crippen molar-refractivity contribution in [2.45, 2.75) is 6.92 Å². The molecule has 1 aromatic carbocycles. The van der Waals surface area contributed by atoms with Crippen LogP contribution in [0.4, 0.5) is 0 Å². The molecule has 40 valence electrons. The zero-order valence-electron chi connectivity index (χ0n) is 4.13. The molecule has 0 radical (unpaired) electrons. The third-order valence-corrected chi connectivity index (χ3v) is 0.829. The Balaban J connectivity index is 0.000000360. The summed E-state index contributed by atoms with van der Waals surface area (Å²) in [5.74, 6) is 0. The molecule has 0 bridgehead atoms. The van der Waals surface area contributed by atoms with E-state index in [1.54, 1.807) is 0 Å². The summed E-state index contributed by atoms with van der Waals surface area (Å²) >= 11 is 0. The van der Waals surface area contributed by atoms with Gasteiger partial charge in [0.05, 0.1) is 0 Å². The Morgan fingerprint density at radius 3 is 1.71 bits per heavy atom. The molecule has 0 atom stereocenters. The molecule has 0 heterocycles. The van der Waals surface area contributed by atoms with Gasteiger partial charge < -0.3 is 0 Å². The summed E-state index contributed by atoms with van der Waals surface area (Å²) in [6.07, 6.45) is 0. The second-order valence-corrected chi connectivity index (χ2v) is 1.46. The molecular formula is C6H7Ni+. The summed E-state index contributed by atoms with van der Waals surface area (Å²) in [4.78, 5) is 0. The average molecular weight is 138 g/mol. The fourth-order valence-electron chi connectivity index (χ4n) is 0.470. The van der Waals surface area contributed by atoms with E-state index in [4.69, 9.17) is 0 Å². The van der Waals surface area contributed by atoms with Crippen LogP contribution in [0.2, 0.25) is 0 Å². The Hall–Kier alpha value is -0.156. The van der Waals surface area contributed by atoms with Crippen LogP contribution in [-0.2, 0) is 16.5 Å². The third-order valence-electron chi connectivity index (χ3n) is 0.829. The van der Waals surface area contributed by atoms with Gasteiger partial charge >= 0.3 is 16.5 Å². The van der Waals surface area contributed by atoms with Crippen molar-refractivity contribution in [1.82, 2.24) is 0 Å². The van der Waals surface area contributed by atoms with E-state index >= 15 is 0 Å². The summed E-state index contributed by atoms with van der Waals surface area (Å²) in [5.41, 5.74) is 1.34. The van der Waals surface area contributed by atoms with Crippen molar-refractivity contribution >= 4 is 0 Å². The smallest absolute Gasteiger partial charge is 0.213 e. The summed E-state index contributed by atoms with van der Waals surface area (Å²) < 4.78 is 0. The molecule has 0 spiro atoms. The molecule has 0 N–H and O–H groups in total. The van der Waals surface area contributed by atoms with Crippen molar-refractivity contribution in [2.75, 3.05) is 0 Å². The van der Waals surface area contributed by atoms with Crippen molar-refractivity contribution in [1.29, 1.82) is 0 Å². The first kappa shape index (κ1) is 6.84. The first-order valence-corrected chi connectivity index (χ1v) is 2.08. The topological polar surface area (TPSA) is 0 Å². The summed E-state index contributed by atoms with van der Waals surface area (Å²) in [6.45, 7) is 2.08. The van der Waals surface area contributed by atoms with Gasteiger partial charge in [-0.15, -0.1) is 0 Å². The van der Waals surface area contributed by atoms with Crippen LogP contribution in [0.3, 0.4) is 0 Å². The maximum atomic E-state index is 2.08. The summed E-state index contributed by atoms with van der Waals surface area (Å²) in [7, 11) is 0. The van der Waals surface area contributed by atoms with Gasteiger partial charge in [0.2, 0.25) is 0 Å². The predicted molar refractivity (Wildman–Crippen MR) is 26.8 cm³/mol. The summed E-state index contributed by atoms with van der Waals surface area (Å²) in [6, 6.07) is 8.24. The Labute approximate surface area is 53.8 Å². The minimum absolute atomic E-state index is 0. The minimum Gasteiger partial charge on any atom is -0.213 e. The van der Waals surface area contributed by atoms with Crippen LogP contribution in [0.25, 0.3) is 0 Å². The van der Waals surface area contributed by atoms with Crippen molar-refractivity contribution in [3.8, 4) is 0 Å². The molecule has 1 heteroatoms. The van der Waals surface area contributed by atoms with Gasteiger partial charge in [0.15, 0.2) is 0 Å². The van der Waals surface area contributed by atoms with Gasteiger partial charge in [-0.1, -0.05) is 6.92 Å². The first-order chi connectivity index (χ1) is 2.89. The van der Waals surface area contributed by atoms with E-state index in [1.165, 1.54) is 5.56 Å². The molecule has 0 amide bonds. The van der Waals surface area contributed by atoms with Crippen molar-refractivity contribution in [3.05, 3.63) is 29.8 Å². The monoisotopic (exact) mass is 137 g/mol. The normalized spacial score (nSPS) is 7.57. The maximum absolute atomic E-state index is 2.08. The Morgan fingerprint density at radius 2 is 1.57 bits per heavy atom. The molecule has 0 aromatic heterocycles. The second-order valence-electron chi connectivity index (χ2n) is 1.46. The molecular weight excluding hydrogens is 131 g/mol. The van der Waals surface area contributed by atoms with Crippen LogP contribution >= 0.6 is 0 Å². The molecule has 0 saturated heterocycles. The molecule has 1 aromatic rings. The van der Waals surface area contributed by atoms with Gasteiger partial charge in [0.25, 0.3) is 0 Å². The largest absolute Gasteiger partial charge is 2.00 e. The Kier molecular flexibility index (Phi) is 2.86. The van der Waals surface area contributed by atoms with E-state index in [0.29, 0.717) is 0 Å². The van der Waals surface area contributed by atoms with Gasteiger partial charge in [0.1, 0.15) is 0 Å². The Bertz CT molecular complexity index is 108. The van der Waals surface area contributed by atoms with Crippen molar-refractivity contribution in [3.63, 3.8) is 0 Å². The molecule has 7 heavy (non-hydrogen) atoms. The number of aryl methyl sites for hydroxylation is 1. The minimum atomic E-state index is 0. The fourth-order valence-corrected chi connectivity index (χ4v) is 0.470. The van der Waals surface area contributed by atoms with Crippen molar-refractivity contribution in [2.24, 2.45) is 0 Å². The number of rotatable bonds is 0. The van der Waals surface area contributed by atoms with Gasteiger partial charge in [-0.05, 0) is 0 Å². The number of hydrogen-bond donors (Lipinski definition) is 0. The van der Waals surface area contributed by atoms with E-state index in [0.717, 1.165) is 0 Å². The molecule has 0 unspecified atom stereocenters. The SMILES string of the molecule is C[c-]1cccc1.[Ni+2].